The zero-order valence-corrected chi connectivity index (χ0v) is 10.8. The number of carbonyl (C=O) groups is 3. The average molecular weight is 310 g/mol. The first-order valence-electron chi connectivity index (χ1n) is 4.92. The first-order chi connectivity index (χ1) is 7.88. The second-order valence-electron chi connectivity index (χ2n) is 3.44. The Hall–Kier alpha value is -0.951. The normalized spacial score (nSPS) is 14.0. The first-order valence-corrected chi connectivity index (χ1v) is 6.14. The van der Waals surface area contributed by atoms with E-state index in [1.165, 1.54) is 0 Å². The van der Waals surface area contributed by atoms with Gasteiger partial charge in [0.15, 0.2) is 0 Å². The van der Waals surface area contributed by atoms with Crippen molar-refractivity contribution in [3.05, 3.63) is 0 Å². The van der Waals surface area contributed by atoms with Crippen LogP contribution in [-0.2, 0) is 14.4 Å². The van der Waals surface area contributed by atoms with E-state index in [-0.39, 0.29) is 24.7 Å². The van der Waals surface area contributed by atoms with Crippen LogP contribution in [0.1, 0.15) is 12.8 Å². The fourth-order valence-electron chi connectivity index (χ4n) is 1.01. The molecule has 0 amide bonds. The standard InChI is InChI=1S/C9H15N2O5Se/c10-5(1-2-8(13)14)7(12)3-11-6(4-17)9(15)16/h5-6,11H,1-4,10H2,(H,13,14)(H,15,16)/t5-,6-/m0/s1. The van der Waals surface area contributed by atoms with E-state index in [0.717, 1.165) is 0 Å². The Labute approximate surface area is 107 Å². The van der Waals surface area contributed by atoms with Crippen molar-refractivity contribution in [1.29, 1.82) is 0 Å². The molecule has 0 fully saturated rings. The van der Waals surface area contributed by atoms with Gasteiger partial charge in [0.2, 0.25) is 0 Å². The Morgan fingerprint density at radius 2 is 1.88 bits per heavy atom. The van der Waals surface area contributed by atoms with Crippen LogP contribution in [0, 0.1) is 0 Å². The molecule has 7 nitrogen and oxygen atoms in total. The van der Waals surface area contributed by atoms with E-state index in [9.17, 15) is 14.4 Å². The summed E-state index contributed by atoms with van der Waals surface area (Å²) < 4.78 is 0. The maximum atomic E-state index is 11.4. The van der Waals surface area contributed by atoms with Crippen LogP contribution in [0.15, 0.2) is 0 Å². The second-order valence-corrected chi connectivity index (χ2v) is 4.14. The fraction of sp³-hybridized carbons (Fsp3) is 0.667. The minimum atomic E-state index is -1.06. The van der Waals surface area contributed by atoms with Crippen molar-refractivity contribution in [2.24, 2.45) is 5.73 Å². The van der Waals surface area contributed by atoms with Gasteiger partial charge in [-0.3, -0.25) is 0 Å². The number of rotatable bonds is 9. The third-order valence-electron chi connectivity index (χ3n) is 2.07. The number of aliphatic carboxylic acids is 2. The third kappa shape index (κ3) is 7.06. The number of ketones is 1. The summed E-state index contributed by atoms with van der Waals surface area (Å²) in [6, 6.07) is -1.72. The molecular weight excluding hydrogens is 295 g/mol. The third-order valence-corrected chi connectivity index (χ3v) is 2.77. The summed E-state index contributed by atoms with van der Waals surface area (Å²) in [5.74, 6) is -2.48. The maximum absolute atomic E-state index is 11.4. The van der Waals surface area contributed by atoms with Gasteiger partial charge in [0, 0.05) is 0 Å². The van der Waals surface area contributed by atoms with Crippen molar-refractivity contribution in [3.63, 3.8) is 0 Å². The number of carboxylic acids is 2. The van der Waals surface area contributed by atoms with Crippen LogP contribution in [0.3, 0.4) is 0 Å². The first kappa shape index (κ1) is 16.0. The number of nitrogens with two attached hydrogens (primary N) is 1. The molecule has 0 rings (SSSR count). The van der Waals surface area contributed by atoms with Crippen molar-refractivity contribution in [3.8, 4) is 0 Å². The summed E-state index contributed by atoms with van der Waals surface area (Å²) in [7, 11) is 0. The van der Waals surface area contributed by atoms with Gasteiger partial charge < -0.3 is 0 Å². The fourth-order valence-corrected chi connectivity index (χ4v) is 1.56. The average Bonchev–Trinajstić information content (AvgIpc) is 2.25. The summed E-state index contributed by atoms with van der Waals surface area (Å²) in [4.78, 5) is 32.3. The van der Waals surface area contributed by atoms with Gasteiger partial charge in [-0.05, 0) is 0 Å². The molecule has 0 aliphatic carbocycles. The van der Waals surface area contributed by atoms with Crippen LogP contribution in [0.5, 0.6) is 0 Å². The summed E-state index contributed by atoms with van der Waals surface area (Å²) in [5.41, 5.74) is 5.46. The molecule has 0 heterocycles. The van der Waals surface area contributed by atoms with Gasteiger partial charge in [-0.2, -0.15) is 0 Å². The summed E-state index contributed by atoms with van der Waals surface area (Å²) >= 11 is 2.55. The molecule has 0 unspecified atom stereocenters. The number of carbonyl (C=O) groups excluding carboxylic acids is 1. The predicted molar refractivity (Wildman–Crippen MR) is 59.8 cm³/mol. The van der Waals surface area contributed by atoms with Gasteiger partial charge in [-0.1, -0.05) is 0 Å². The number of hydrogen-bond acceptors (Lipinski definition) is 5. The summed E-state index contributed by atoms with van der Waals surface area (Å²) in [5, 5.41) is 19.9. The summed E-state index contributed by atoms with van der Waals surface area (Å²) in [6.07, 6.45) is -0.136. The van der Waals surface area contributed by atoms with Gasteiger partial charge in [0.25, 0.3) is 0 Å². The van der Waals surface area contributed by atoms with Gasteiger partial charge in [0.1, 0.15) is 0 Å². The molecule has 0 bridgehead atoms. The van der Waals surface area contributed by atoms with E-state index in [4.69, 9.17) is 15.9 Å². The molecule has 2 atom stereocenters. The molecule has 0 saturated carbocycles. The number of carboxylic acid groups (broad SMARTS) is 2. The van der Waals surface area contributed by atoms with Crippen LogP contribution in [0.25, 0.3) is 0 Å². The van der Waals surface area contributed by atoms with Crippen molar-refractivity contribution in [2.45, 2.75) is 30.2 Å². The Morgan fingerprint density at radius 3 is 2.29 bits per heavy atom. The van der Waals surface area contributed by atoms with E-state index in [2.05, 4.69) is 21.3 Å². The van der Waals surface area contributed by atoms with E-state index in [1.807, 2.05) is 0 Å². The Morgan fingerprint density at radius 1 is 1.29 bits per heavy atom. The van der Waals surface area contributed by atoms with E-state index >= 15 is 0 Å². The van der Waals surface area contributed by atoms with Crippen LogP contribution < -0.4 is 11.1 Å². The van der Waals surface area contributed by atoms with E-state index in [0.29, 0.717) is 0 Å². The quantitative estimate of drug-likeness (QED) is 0.376. The molecule has 0 aliphatic rings. The Kier molecular flexibility index (Phi) is 7.73. The van der Waals surface area contributed by atoms with E-state index in [1.54, 1.807) is 0 Å². The van der Waals surface area contributed by atoms with Gasteiger partial charge in [-0.25, -0.2) is 0 Å². The molecule has 0 aromatic carbocycles. The van der Waals surface area contributed by atoms with Gasteiger partial charge >= 0.3 is 106 Å². The Balaban J connectivity index is 3.99. The molecule has 97 valence electrons. The van der Waals surface area contributed by atoms with Crippen molar-refractivity contribution in [2.75, 3.05) is 6.54 Å². The molecule has 0 aromatic heterocycles. The molecule has 0 aromatic rings. The monoisotopic (exact) mass is 311 g/mol. The molecule has 8 heteroatoms. The number of hydrogen-bond donors (Lipinski definition) is 4. The molecule has 0 saturated heterocycles. The zero-order chi connectivity index (χ0) is 13.4. The minimum absolute atomic E-state index is 0.0475. The molecular formula is C9H15N2O5Se. The number of nitrogens with one attached hydrogen (secondary N) is 1. The molecule has 1 radical (unpaired) electrons. The topological polar surface area (TPSA) is 130 Å². The van der Waals surface area contributed by atoms with Crippen molar-refractivity contribution < 1.29 is 24.6 Å². The van der Waals surface area contributed by atoms with Crippen LogP contribution in [0.4, 0.5) is 0 Å². The van der Waals surface area contributed by atoms with Gasteiger partial charge in [0.05, 0.1) is 0 Å². The van der Waals surface area contributed by atoms with Crippen molar-refractivity contribution >= 4 is 33.7 Å². The molecule has 0 spiro atoms. The van der Waals surface area contributed by atoms with Crippen LogP contribution in [0.2, 0.25) is 5.32 Å². The SMILES string of the molecule is N[C@@H](CCC(=O)O)C(=O)CN[C@@H](C[Se])C(=O)O. The Bertz CT molecular complexity index is 297. The van der Waals surface area contributed by atoms with Crippen LogP contribution in [-0.4, -0.2) is 62.6 Å². The molecule has 17 heavy (non-hydrogen) atoms. The number of Topliss-reactive ketones (excluding diaryl/α,β-unsaturated/α-hetero) is 1. The molecule has 0 aliphatic heterocycles. The summed E-state index contributed by atoms with van der Waals surface area (Å²) in [6.45, 7) is -0.181. The van der Waals surface area contributed by atoms with Gasteiger partial charge in [-0.15, -0.1) is 0 Å². The molecule has 5 N–H and O–H groups in total. The van der Waals surface area contributed by atoms with Crippen LogP contribution >= 0.6 is 0 Å². The van der Waals surface area contributed by atoms with E-state index < -0.39 is 29.8 Å². The zero-order valence-electron chi connectivity index (χ0n) is 9.09. The second kappa shape index (κ2) is 8.19. The van der Waals surface area contributed by atoms with Crippen molar-refractivity contribution in [1.82, 2.24) is 5.32 Å². The predicted octanol–water partition coefficient (Wildman–Crippen LogP) is -1.62.